The second-order valence-corrected chi connectivity index (χ2v) is 6.76. The van der Waals surface area contributed by atoms with E-state index in [0.29, 0.717) is 6.54 Å². The normalized spacial score (nSPS) is 22.2. The molecule has 2 aromatic rings. The Morgan fingerprint density at radius 1 is 1.57 bits per heavy atom. The van der Waals surface area contributed by atoms with E-state index in [1.165, 1.54) is 11.2 Å². The number of hydrogen-bond donors (Lipinski definition) is 3. The molecule has 1 amide bonds. The average molecular weight is 336 g/mol. The molecule has 124 valence electrons. The molecule has 3 unspecified atom stereocenters. The number of carbonyl (C=O) groups is 1. The first-order valence-corrected chi connectivity index (χ1v) is 8.37. The Hall–Kier alpha value is -1.91. The molecular formula is C13H20N8OS. The van der Waals surface area contributed by atoms with Crippen LogP contribution in [0.3, 0.4) is 0 Å². The molecule has 2 aromatic heterocycles. The van der Waals surface area contributed by atoms with Crippen molar-refractivity contribution in [3.63, 3.8) is 0 Å². The molecule has 3 heterocycles. The first-order chi connectivity index (χ1) is 11.1. The highest BCUT2D eigenvalue weighted by atomic mass is 32.1. The molecule has 1 saturated heterocycles. The number of nitrogens with zero attached hydrogens (tertiary/aromatic N) is 5. The van der Waals surface area contributed by atoms with E-state index in [2.05, 4.69) is 36.7 Å². The van der Waals surface area contributed by atoms with Crippen LogP contribution in [0.15, 0.2) is 6.33 Å². The minimum absolute atomic E-state index is 0.0413. The molecule has 23 heavy (non-hydrogen) atoms. The molecule has 1 aliphatic rings. The van der Waals surface area contributed by atoms with Gasteiger partial charge in [-0.15, -0.1) is 16.4 Å². The first kappa shape index (κ1) is 16.0. The van der Waals surface area contributed by atoms with Crippen LogP contribution in [0.2, 0.25) is 0 Å². The number of thiazole rings is 1. The molecule has 3 atom stereocenters. The van der Waals surface area contributed by atoms with E-state index in [0.717, 1.165) is 17.1 Å². The fraction of sp³-hybridized carbons (Fsp3) is 0.615. The maximum atomic E-state index is 12.7. The highest BCUT2D eigenvalue weighted by molar-refractivity contribution is 7.11. The van der Waals surface area contributed by atoms with Gasteiger partial charge in [0.25, 0.3) is 0 Å². The third-order valence-electron chi connectivity index (χ3n) is 4.01. The second kappa shape index (κ2) is 6.69. The number of hydrazine groups is 1. The fourth-order valence-electron chi connectivity index (χ4n) is 2.53. The summed E-state index contributed by atoms with van der Waals surface area (Å²) in [6.07, 6.45) is 1.99. The number of aromatic nitrogens is 5. The van der Waals surface area contributed by atoms with Crippen molar-refractivity contribution in [3.05, 3.63) is 21.9 Å². The smallest absolute Gasteiger partial charge is 0.228 e. The van der Waals surface area contributed by atoms with Gasteiger partial charge in [-0.05, 0) is 30.7 Å². The van der Waals surface area contributed by atoms with Crippen LogP contribution in [0, 0.1) is 19.8 Å². The third-order valence-corrected chi connectivity index (χ3v) is 5.19. The maximum absolute atomic E-state index is 12.7. The molecule has 0 radical (unpaired) electrons. The van der Waals surface area contributed by atoms with Gasteiger partial charge in [-0.3, -0.25) is 10.2 Å². The maximum Gasteiger partial charge on any atom is 0.228 e. The van der Waals surface area contributed by atoms with Gasteiger partial charge >= 0.3 is 0 Å². The van der Waals surface area contributed by atoms with Crippen LogP contribution in [0.5, 0.6) is 0 Å². The Morgan fingerprint density at radius 2 is 2.39 bits per heavy atom. The molecule has 3 N–H and O–H groups in total. The van der Waals surface area contributed by atoms with Crippen molar-refractivity contribution in [2.24, 2.45) is 5.92 Å². The van der Waals surface area contributed by atoms with E-state index in [4.69, 9.17) is 0 Å². The van der Waals surface area contributed by atoms with Crippen molar-refractivity contribution >= 4 is 17.2 Å². The van der Waals surface area contributed by atoms with Crippen LogP contribution in [0.25, 0.3) is 0 Å². The number of aryl methyl sites for hydroxylation is 2. The summed E-state index contributed by atoms with van der Waals surface area (Å²) in [4.78, 5) is 18.4. The zero-order valence-corrected chi connectivity index (χ0v) is 14.1. The predicted octanol–water partition coefficient (Wildman–Crippen LogP) is 0.237. The van der Waals surface area contributed by atoms with Crippen molar-refractivity contribution in [2.75, 3.05) is 6.54 Å². The Kier molecular flexibility index (Phi) is 4.64. The van der Waals surface area contributed by atoms with Crippen LogP contribution < -0.4 is 16.2 Å². The summed E-state index contributed by atoms with van der Waals surface area (Å²) >= 11 is 1.64. The van der Waals surface area contributed by atoms with Gasteiger partial charge < -0.3 is 5.32 Å². The highest BCUT2D eigenvalue weighted by Crippen LogP contribution is 2.26. The van der Waals surface area contributed by atoms with Crippen molar-refractivity contribution in [3.8, 4) is 0 Å². The molecule has 0 aliphatic carbocycles. The minimum atomic E-state index is -0.303. The fourth-order valence-corrected chi connectivity index (χ4v) is 3.59. The largest absolute Gasteiger partial charge is 0.346 e. The van der Waals surface area contributed by atoms with E-state index < -0.39 is 0 Å². The summed E-state index contributed by atoms with van der Waals surface area (Å²) in [5.41, 5.74) is 7.05. The van der Waals surface area contributed by atoms with Gasteiger partial charge in [0, 0.05) is 11.4 Å². The summed E-state index contributed by atoms with van der Waals surface area (Å²) in [6.45, 7) is 6.59. The van der Waals surface area contributed by atoms with Crippen molar-refractivity contribution in [1.29, 1.82) is 0 Å². The Balaban J connectivity index is 1.72. The Morgan fingerprint density at radius 3 is 3.00 bits per heavy atom. The third kappa shape index (κ3) is 3.23. The van der Waals surface area contributed by atoms with Crippen molar-refractivity contribution in [1.82, 2.24) is 41.4 Å². The van der Waals surface area contributed by atoms with E-state index in [1.54, 1.807) is 16.0 Å². The first-order valence-electron chi connectivity index (χ1n) is 7.55. The molecule has 0 spiro atoms. The van der Waals surface area contributed by atoms with Crippen LogP contribution in [0.1, 0.15) is 41.1 Å². The summed E-state index contributed by atoms with van der Waals surface area (Å²) in [5.74, 6) is -0.338. The van der Waals surface area contributed by atoms with E-state index in [-0.39, 0.29) is 24.0 Å². The zero-order valence-electron chi connectivity index (χ0n) is 13.3. The monoisotopic (exact) mass is 336 g/mol. The van der Waals surface area contributed by atoms with Crippen LogP contribution in [0.4, 0.5) is 0 Å². The number of amides is 1. The topological polar surface area (TPSA) is 110 Å². The molecule has 10 heteroatoms. The molecule has 3 rings (SSSR count). The SMILES string of the molecule is CCC(NC(=O)C1CNNC1n1cnnn1)c1nc(C)c(C)s1. The van der Waals surface area contributed by atoms with Crippen molar-refractivity contribution < 1.29 is 4.79 Å². The van der Waals surface area contributed by atoms with Crippen molar-refractivity contribution in [2.45, 2.75) is 39.4 Å². The highest BCUT2D eigenvalue weighted by Gasteiger charge is 2.36. The number of hydrogen-bond acceptors (Lipinski definition) is 8. The summed E-state index contributed by atoms with van der Waals surface area (Å²) in [6, 6.07) is -0.0741. The lowest BCUT2D eigenvalue weighted by molar-refractivity contribution is -0.126. The van der Waals surface area contributed by atoms with Gasteiger partial charge in [-0.2, -0.15) is 0 Å². The predicted molar refractivity (Wildman–Crippen MR) is 84.2 cm³/mol. The minimum Gasteiger partial charge on any atom is -0.346 e. The standard InChI is InChI=1S/C13H20N8OS/c1-4-10(13-16-7(2)8(3)23-13)17-12(22)9-5-14-18-11(9)21-6-15-19-20-21/h6,9-11,14,18H,4-5H2,1-3H3,(H,17,22). The van der Waals surface area contributed by atoms with E-state index in [9.17, 15) is 4.79 Å². The number of carbonyl (C=O) groups excluding carboxylic acids is 1. The molecule has 9 nitrogen and oxygen atoms in total. The zero-order chi connectivity index (χ0) is 16.4. The quantitative estimate of drug-likeness (QED) is 0.717. The van der Waals surface area contributed by atoms with Gasteiger partial charge in [0.2, 0.25) is 5.91 Å². The van der Waals surface area contributed by atoms with Crippen LogP contribution >= 0.6 is 11.3 Å². The van der Waals surface area contributed by atoms with Gasteiger partial charge in [-0.25, -0.2) is 15.1 Å². The van der Waals surface area contributed by atoms with E-state index >= 15 is 0 Å². The van der Waals surface area contributed by atoms with Crippen LogP contribution in [-0.4, -0.2) is 37.6 Å². The number of nitrogens with one attached hydrogen (secondary N) is 3. The lowest BCUT2D eigenvalue weighted by Gasteiger charge is -2.20. The number of rotatable bonds is 5. The lowest BCUT2D eigenvalue weighted by atomic mass is 10.1. The molecule has 0 saturated carbocycles. The van der Waals surface area contributed by atoms with Gasteiger partial charge in [0.15, 0.2) is 0 Å². The molecule has 1 fully saturated rings. The molecule has 0 bridgehead atoms. The summed E-state index contributed by atoms with van der Waals surface area (Å²) in [7, 11) is 0. The Bertz CT molecular complexity index is 650. The summed E-state index contributed by atoms with van der Waals surface area (Å²) in [5, 5.41) is 15.2. The lowest BCUT2D eigenvalue weighted by Crippen LogP contribution is -2.39. The molecular weight excluding hydrogens is 316 g/mol. The summed E-state index contributed by atoms with van der Waals surface area (Å²) < 4.78 is 1.54. The van der Waals surface area contributed by atoms with Gasteiger partial charge in [0.1, 0.15) is 17.5 Å². The van der Waals surface area contributed by atoms with Gasteiger partial charge in [-0.1, -0.05) is 6.92 Å². The molecule has 1 aliphatic heterocycles. The second-order valence-electron chi connectivity index (χ2n) is 5.53. The number of tetrazole rings is 1. The van der Waals surface area contributed by atoms with Gasteiger partial charge in [0.05, 0.1) is 17.7 Å². The van der Waals surface area contributed by atoms with E-state index in [1.807, 2.05) is 20.8 Å². The average Bonchev–Trinajstić information content (AvgIpc) is 3.25. The van der Waals surface area contributed by atoms with Crippen LogP contribution in [-0.2, 0) is 4.79 Å². The molecule has 0 aromatic carbocycles. The Labute approximate surface area is 137 Å².